The van der Waals surface area contributed by atoms with Crippen LogP contribution in [-0.2, 0) is 22.7 Å². The van der Waals surface area contributed by atoms with Gasteiger partial charge < -0.3 is 4.74 Å². The van der Waals surface area contributed by atoms with Crippen LogP contribution in [0.2, 0.25) is 0 Å². The third-order valence-corrected chi connectivity index (χ3v) is 4.89. The molecule has 8 nitrogen and oxygen atoms in total. The van der Waals surface area contributed by atoms with Crippen LogP contribution >= 0.6 is 11.3 Å². The van der Waals surface area contributed by atoms with Crippen molar-refractivity contribution in [3.63, 3.8) is 0 Å². The average Bonchev–Trinajstić information content (AvgIpc) is 3.32. The molecule has 0 radical (unpaired) electrons. The van der Waals surface area contributed by atoms with Gasteiger partial charge in [-0.15, -0.1) is 0 Å². The van der Waals surface area contributed by atoms with Crippen LogP contribution in [0, 0.1) is 6.92 Å². The minimum atomic E-state index is -0.503. The van der Waals surface area contributed by atoms with Gasteiger partial charge in [0.05, 0.1) is 12.7 Å². The Labute approximate surface area is 169 Å². The maximum absolute atomic E-state index is 12.0. The smallest absolute Gasteiger partial charge is 0.331 e. The van der Waals surface area contributed by atoms with Crippen LogP contribution in [0.5, 0.6) is 0 Å². The number of aryl methyl sites for hydroxylation is 1. The first-order valence-corrected chi connectivity index (χ1v) is 9.66. The molecule has 0 aliphatic rings. The first-order chi connectivity index (χ1) is 14.1. The van der Waals surface area contributed by atoms with E-state index >= 15 is 0 Å². The van der Waals surface area contributed by atoms with Gasteiger partial charge in [0.15, 0.2) is 5.01 Å². The summed E-state index contributed by atoms with van der Waals surface area (Å²) in [5.41, 5.74) is 2.31. The molecule has 0 saturated heterocycles. The fourth-order valence-electron chi connectivity index (χ4n) is 2.69. The number of rotatable bonds is 6. The molecule has 0 aliphatic carbocycles. The van der Waals surface area contributed by atoms with E-state index in [2.05, 4.69) is 15.2 Å². The summed E-state index contributed by atoms with van der Waals surface area (Å²) in [4.78, 5) is 28.6. The van der Waals surface area contributed by atoms with Crippen molar-refractivity contribution in [1.82, 2.24) is 24.4 Å². The average molecular weight is 407 g/mol. The van der Waals surface area contributed by atoms with Crippen molar-refractivity contribution in [2.45, 2.75) is 20.1 Å². The van der Waals surface area contributed by atoms with Crippen LogP contribution in [0.1, 0.15) is 21.8 Å². The first kappa shape index (κ1) is 18.8. The molecule has 0 saturated carbocycles. The third kappa shape index (κ3) is 4.64. The molecule has 0 aliphatic heterocycles. The molecule has 29 heavy (non-hydrogen) atoms. The van der Waals surface area contributed by atoms with E-state index in [1.165, 1.54) is 28.0 Å². The molecule has 0 N–H and O–H groups in total. The molecule has 9 heteroatoms. The van der Waals surface area contributed by atoms with Gasteiger partial charge in [-0.3, -0.25) is 9.48 Å². The lowest BCUT2D eigenvalue weighted by molar-refractivity contribution is -0.138. The highest BCUT2D eigenvalue weighted by Gasteiger charge is 2.09. The van der Waals surface area contributed by atoms with Gasteiger partial charge in [-0.2, -0.15) is 14.7 Å². The fourth-order valence-corrected chi connectivity index (χ4v) is 3.54. The van der Waals surface area contributed by atoms with E-state index in [-0.39, 0.29) is 12.2 Å². The zero-order chi connectivity index (χ0) is 20.2. The normalized spacial score (nSPS) is 11.3. The number of nitrogens with zero attached hydrogens (tertiary/aromatic N) is 5. The summed E-state index contributed by atoms with van der Waals surface area (Å²) in [5.74, 6) is -0.503. The minimum absolute atomic E-state index is 0.0248. The molecule has 4 aromatic rings. The van der Waals surface area contributed by atoms with Crippen molar-refractivity contribution in [3.8, 4) is 0 Å². The molecule has 0 atom stereocenters. The monoisotopic (exact) mass is 407 g/mol. The summed E-state index contributed by atoms with van der Waals surface area (Å²) >= 11 is 1.21. The van der Waals surface area contributed by atoms with Crippen LogP contribution < -0.4 is 5.56 Å². The quantitative estimate of drug-likeness (QED) is 0.360. The van der Waals surface area contributed by atoms with E-state index < -0.39 is 5.97 Å². The summed E-state index contributed by atoms with van der Waals surface area (Å²) in [6, 6.07) is 11.4. The number of fused-ring (bicyclic) bond motifs is 1. The lowest BCUT2D eigenvalue weighted by Gasteiger charge is -2.00. The predicted molar refractivity (Wildman–Crippen MR) is 108 cm³/mol. The molecule has 0 fully saturated rings. The summed E-state index contributed by atoms with van der Waals surface area (Å²) in [6.45, 7) is 2.38. The van der Waals surface area contributed by atoms with Crippen molar-refractivity contribution in [2.24, 2.45) is 0 Å². The van der Waals surface area contributed by atoms with E-state index in [1.54, 1.807) is 23.9 Å². The highest BCUT2D eigenvalue weighted by atomic mass is 32.1. The number of ether oxygens (including phenoxy) is 1. The van der Waals surface area contributed by atoms with Crippen molar-refractivity contribution in [2.75, 3.05) is 0 Å². The SMILES string of the molecule is Cc1cc(=O)n2nc(COC(=O)/C=C/c3cnn(Cc4ccccc4)c3)sc2n1. The number of benzene rings is 1. The van der Waals surface area contributed by atoms with Crippen molar-refractivity contribution >= 4 is 28.3 Å². The third-order valence-electron chi connectivity index (χ3n) is 4.01. The van der Waals surface area contributed by atoms with Gasteiger partial charge in [0.25, 0.3) is 5.56 Å². The Kier molecular flexibility index (Phi) is 5.30. The maximum atomic E-state index is 12.0. The van der Waals surface area contributed by atoms with Gasteiger partial charge in [0, 0.05) is 29.6 Å². The second-order valence-electron chi connectivity index (χ2n) is 6.32. The zero-order valence-corrected chi connectivity index (χ0v) is 16.4. The number of carbonyl (C=O) groups excluding carboxylic acids is 1. The lowest BCUT2D eigenvalue weighted by atomic mass is 10.2. The first-order valence-electron chi connectivity index (χ1n) is 8.84. The van der Waals surface area contributed by atoms with Crippen LogP contribution in [0.3, 0.4) is 0 Å². The summed E-state index contributed by atoms with van der Waals surface area (Å²) in [6.07, 6.45) is 6.52. The van der Waals surface area contributed by atoms with Gasteiger partial charge in [0.1, 0.15) is 6.61 Å². The lowest BCUT2D eigenvalue weighted by Crippen LogP contribution is -2.14. The van der Waals surface area contributed by atoms with Gasteiger partial charge >= 0.3 is 5.97 Å². The number of carbonyl (C=O) groups is 1. The molecule has 3 heterocycles. The second-order valence-corrected chi connectivity index (χ2v) is 7.36. The highest BCUT2D eigenvalue weighted by Crippen LogP contribution is 2.12. The van der Waals surface area contributed by atoms with Crippen LogP contribution in [0.25, 0.3) is 11.0 Å². The number of hydrogen-bond donors (Lipinski definition) is 0. The largest absolute Gasteiger partial charge is 0.455 e. The van der Waals surface area contributed by atoms with Gasteiger partial charge in [-0.05, 0) is 18.6 Å². The molecular weight excluding hydrogens is 390 g/mol. The van der Waals surface area contributed by atoms with Crippen molar-refractivity contribution < 1.29 is 9.53 Å². The Hall–Kier alpha value is -3.59. The summed E-state index contributed by atoms with van der Waals surface area (Å²) in [7, 11) is 0. The maximum Gasteiger partial charge on any atom is 0.331 e. The number of esters is 1. The Bertz CT molecular complexity index is 1240. The summed E-state index contributed by atoms with van der Waals surface area (Å²) in [5, 5.41) is 8.92. The van der Waals surface area contributed by atoms with Crippen LogP contribution in [-0.4, -0.2) is 30.3 Å². The second kappa shape index (κ2) is 8.19. The van der Waals surface area contributed by atoms with E-state index in [0.717, 1.165) is 11.1 Å². The van der Waals surface area contributed by atoms with Crippen molar-refractivity contribution in [3.05, 3.63) is 87.1 Å². The Morgan fingerprint density at radius 1 is 1.28 bits per heavy atom. The number of aromatic nitrogens is 5. The Morgan fingerprint density at radius 3 is 2.93 bits per heavy atom. The highest BCUT2D eigenvalue weighted by molar-refractivity contribution is 7.16. The minimum Gasteiger partial charge on any atom is -0.455 e. The van der Waals surface area contributed by atoms with Gasteiger partial charge in [-0.25, -0.2) is 9.78 Å². The van der Waals surface area contributed by atoms with Crippen molar-refractivity contribution in [1.29, 1.82) is 0 Å². The zero-order valence-electron chi connectivity index (χ0n) is 15.6. The molecular formula is C20H17N5O3S. The van der Waals surface area contributed by atoms with Crippen LogP contribution in [0.15, 0.2) is 59.7 Å². The Morgan fingerprint density at radius 2 is 2.10 bits per heavy atom. The molecule has 0 amide bonds. The van der Waals surface area contributed by atoms with E-state index in [1.807, 2.05) is 36.5 Å². The predicted octanol–water partition coefficient (Wildman–Crippen LogP) is 2.46. The molecule has 146 valence electrons. The van der Waals surface area contributed by atoms with Crippen LogP contribution in [0.4, 0.5) is 0 Å². The number of hydrogen-bond acceptors (Lipinski definition) is 7. The van der Waals surface area contributed by atoms with E-state index in [9.17, 15) is 9.59 Å². The molecule has 1 aromatic carbocycles. The summed E-state index contributed by atoms with van der Waals surface area (Å²) < 4.78 is 8.21. The molecule has 3 aromatic heterocycles. The standard InChI is InChI=1S/C20H17N5O3S/c1-14-9-18(26)25-20(22-14)29-17(23-25)13-28-19(27)8-7-16-10-21-24(12-16)11-15-5-3-2-4-6-15/h2-10,12H,11,13H2,1H3/b8-7+. The molecule has 4 rings (SSSR count). The topological polar surface area (TPSA) is 91.4 Å². The molecule has 0 bridgehead atoms. The Balaban J connectivity index is 1.34. The van der Waals surface area contributed by atoms with E-state index in [4.69, 9.17) is 4.74 Å². The molecule has 0 spiro atoms. The van der Waals surface area contributed by atoms with Gasteiger partial charge in [0.2, 0.25) is 4.96 Å². The molecule has 0 unspecified atom stereocenters. The fraction of sp³-hybridized carbons (Fsp3) is 0.150. The van der Waals surface area contributed by atoms with E-state index in [0.29, 0.717) is 22.2 Å². The van der Waals surface area contributed by atoms with Gasteiger partial charge in [-0.1, -0.05) is 41.7 Å².